The zero-order valence-corrected chi connectivity index (χ0v) is 13.7. The summed E-state index contributed by atoms with van der Waals surface area (Å²) in [5, 5.41) is 3.15. The summed E-state index contributed by atoms with van der Waals surface area (Å²) in [5.41, 5.74) is 5.24. The Bertz CT molecular complexity index is 341. The van der Waals surface area contributed by atoms with Crippen LogP contribution in [-0.4, -0.2) is 30.2 Å². The quantitative estimate of drug-likeness (QED) is 0.676. The number of hydrogen-bond donors (Lipinski definition) is 2. The summed E-state index contributed by atoms with van der Waals surface area (Å²) < 4.78 is 5.35. The normalized spacial score (nSPS) is 22.8. The van der Waals surface area contributed by atoms with Gasteiger partial charge in [-0.3, -0.25) is 4.79 Å². The van der Waals surface area contributed by atoms with Crippen molar-refractivity contribution in [1.29, 1.82) is 0 Å². The molecule has 3 N–H and O–H groups in total. The molecule has 1 rings (SSSR count). The van der Waals surface area contributed by atoms with Gasteiger partial charge in [-0.2, -0.15) is 0 Å². The van der Waals surface area contributed by atoms with Crippen molar-refractivity contribution in [2.24, 2.45) is 11.1 Å². The lowest BCUT2D eigenvalue weighted by Gasteiger charge is -2.32. The second-order valence-electron chi connectivity index (χ2n) is 5.79. The number of amides is 1. The summed E-state index contributed by atoms with van der Waals surface area (Å²) in [6.45, 7) is 4.12. The maximum Gasteiger partial charge on any atom is 0.233 e. The molecule has 4 nitrogen and oxygen atoms in total. The van der Waals surface area contributed by atoms with Crippen molar-refractivity contribution in [1.82, 2.24) is 5.32 Å². The topological polar surface area (TPSA) is 64.3 Å². The zero-order valence-electron chi connectivity index (χ0n) is 12.9. The van der Waals surface area contributed by atoms with Gasteiger partial charge in [0.1, 0.15) is 0 Å². The molecule has 20 heavy (non-hydrogen) atoms. The minimum atomic E-state index is -0.677. The van der Waals surface area contributed by atoms with Crippen LogP contribution in [0.3, 0.4) is 0 Å². The second kappa shape index (κ2) is 7.93. The van der Waals surface area contributed by atoms with Crippen molar-refractivity contribution in [3.63, 3.8) is 0 Å². The zero-order chi connectivity index (χ0) is 15.2. The molecule has 0 aromatic rings. The van der Waals surface area contributed by atoms with E-state index in [0.717, 1.165) is 44.9 Å². The average Bonchev–Trinajstić information content (AvgIpc) is 2.85. The minimum Gasteiger partial charge on any atom is -0.392 e. The van der Waals surface area contributed by atoms with Crippen LogP contribution in [-0.2, 0) is 9.53 Å². The fourth-order valence-electron chi connectivity index (χ4n) is 3.17. The Morgan fingerprint density at radius 3 is 2.35 bits per heavy atom. The van der Waals surface area contributed by atoms with Gasteiger partial charge in [0, 0.05) is 13.2 Å². The van der Waals surface area contributed by atoms with Crippen LogP contribution in [0.15, 0.2) is 0 Å². The van der Waals surface area contributed by atoms with E-state index >= 15 is 0 Å². The minimum absolute atomic E-state index is 0.00968. The summed E-state index contributed by atoms with van der Waals surface area (Å²) in [6, 6.07) is 0.190. The molecule has 1 aliphatic rings. The lowest BCUT2D eigenvalue weighted by atomic mass is 9.78. The second-order valence-corrected chi connectivity index (χ2v) is 6.23. The Labute approximate surface area is 127 Å². The van der Waals surface area contributed by atoms with Crippen molar-refractivity contribution < 1.29 is 9.53 Å². The highest BCUT2D eigenvalue weighted by atomic mass is 32.1. The first-order valence-corrected chi connectivity index (χ1v) is 8.04. The van der Waals surface area contributed by atoms with Gasteiger partial charge < -0.3 is 15.8 Å². The highest BCUT2D eigenvalue weighted by Gasteiger charge is 2.41. The number of rotatable bonds is 8. The molecule has 0 aromatic heterocycles. The molecule has 0 spiro atoms. The van der Waals surface area contributed by atoms with Gasteiger partial charge in [-0.25, -0.2) is 0 Å². The molecule has 0 heterocycles. The van der Waals surface area contributed by atoms with Gasteiger partial charge in [0.05, 0.1) is 16.5 Å². The van der Waals surface area contributed by atoms with Crippen LogP contribution in [0.2, 0.25) is 0 Å². The third-order valence-electron chi connectivity index (χ3n) is 4.31. The molecule has 2 unspecified atom stereocenters. The van der Waals surface area contributed by atoms with Crippen LogP contribution in [0.5, 0.6) is 0 Å². The van der Waals surface area contributed by atoms with Crippen molar-refractivity contribution in [2.75, 3.05) is 7.11 Å². The standard InChI is InChI=1S/C15H28N2O2S/c1-4-8-15(9-5-2,13(16)20)14(18)17-11-6-7-12(10-11)19-3/h11-12H,4-10H2,1-3H3,(H2,16,20)(H,17,18). The van der Waals surface area contributed by atoms with Crippen molar-refractivity contribution >= 4 is 23.1 Å². The van der Waals surface area contributed by atoms with Crippen LogP contribution in [0.25, 0.3) is 0 Å². The lowest BCUT2D eigenvalue weighted by molar-refractivity contribution is -0.129. The highest BCUT2D eigenvalue weighted by Crippen LogP contribution is 2.32. The molecule has 116 valence electrons. The fourth-order valence-corrected chi connectivity index (χ4v) is 3.47. The summed E-state index contributed by atoms with van der Waals surface area (Å²) >= 11 is 5.22. The Hall–Kier alpha value is -0.680. The molecule has 0 aliphatic heterocycles. The third-order valence-corrected chi connectivity index (χ3v) is 4.70. The predicted octanol–water partition coefficient (Wildman–Crippen LogP) is 2.54. The first-order valence-electron chi connectivity index (χ1n) is 7.63. The van der Waals surface area contributed by atoms with E-state index in [-0.39, 0.29) is 18.1 Å². The van der Waals surface area contributed by atoms with Gasteiger partial charge in [-0.15, -0.1) is 0 Å². The van der Waals surface area contributed by atoms with Crippen LogP contribution in [0.4, 0.5) is 0 Å². The number of ether oxygens (including phenoxy) is 1. The summed E-state index contributed by atoms with van der Waals surface area (Å²) in [4.78, 5) is 13.1. The smallest absolute Gasteiger partial charge is 0.233 e. The van der Waals surface area contributed by atoms with Crippen LogP contribution in [0.1, 0.15) is 58.8 Å². The van der Waals surface area contributed by atoms with Gasteiger partial charge in [-0.1, -0.05) is 38.9 Å². The number of nitrogens with one attached hydrogen (secondary N) is 1. The Kier molecular flexibility index (Phi) is 6.89. The van der Waals surface area contributed by atoms with Gasteiger partial charge in [-0.05, 0) is 32.1 Å². The molecule has 0 aromatic carbocycles. The van der Waals surface area contributed by atoms with Crippen molar-refractivity contribution in [3.05, 3.63) is 0 Å². The molecular weight excluding hydrogens is 272 g/mol. The highest BCUT2D eigenvalue weighted by molar-refractivity contribution is 7.80. The molecule has 5 heteroatoms. The van der Waals surface area contributed by atoms with Gasteiger partial charge in [0.15, 0.2) is 0 Å². The van der Waals surface area contributed by atoms with Crippen molar-refractivity contribution in [3.8, 4) is 0 Å². The van der Waals surface area contributed by atoms with E-state index in [0.29, 0.717) is 4.99 Å². The van der Waals surface area contributed by atoms with Crippen molar-refractivity contribution in [2.45, 2.75) is 70.9 Å². The molecule has 2 atom stereocenters. The van der Waals surface area contributed by atoms with Gasteiger partial charge in [0.25, 0.3) is 0 Å². The first kappa shape index (κ1) is 17.4. The molecule has 0 bridgehead atoms. The molecule has 0 saturated heterocycles. The Morgan fingerprint density at radius 1 is 1.35 bits per heavy atom. The Balaban J connectivity index is 2.75. The van der Waals surface area contributed by atoms with Crippen LogP contribution in [0, 0.1) is 5.41 Å². The van der Waals surface area contributed by atoms with Gasteiger partial charge in [0.2, 0.25) is 5.91 Å². The van der Waals surface area contributed by atoms with E-state index in [2.05, 4.69) is 19.2 Å². The summed E-state index contributed by atoms with van der Waals surface area (Å²) in [6.07, 6.45) is 6.36. The fraction of sp³-hybridized carbons (Fsp3) is 0.867. The maximum atomic E-state index is 12.7. The third kappa shape index (κ3) is 3.92. The van der Waals surface area contributed by atoms with E-state index in [4.69, 9.17) is 22.7 Å². The average molecular weight is 300 g/mol. The Morgan fingerprint density at radius 2 is 1.95 bits per heavy atom. The first-order chi connectivity index (χ1) is 9.50. The predicted molar refractivity (Wildman–Crippen MR) is 85.6 cm³/mol. The number of carbonyl (C=O) groups excluding carboxylic acids is 1. The largest absolute Gasteiger partial charge is 0.392 e. The SMILES string of the molecule is CCCC(CCC)(C(=O)NC1CCC(OC)C1)C(N)=S. The molecule has 1 amide bonds. The molecule has 1 aliphatic carbocycles. The molecule has 1 fully saturated rings. The maximum absolute atomic E-state index is 12.7. The monoisotopic (exact) mass is 300 g/mol. The van der Waals surface area contributed by atoms with E-state index < -0.39 is 5.41 Å². The number of thiocarbonyl (C=S) groups is 1. The lowest BCUT2D eigenvalue weighted by Crippen LogP contribution is -2.51. The number of hydrogen-bond acceptors (Lipinski definition) is 3. The number of methoxy groups -OCH3 is 1. The van der Waals surface area contributed by atoms with E-state index in [9.17, 15) is 4.79 Å². The van der Waals surface area contributed by atoms with E-state index in [1.807, 2.05) is 0 Å². The number of carbonyl (C=O) groups is 1. The van der Waals surface area contributed by atoms with E-state index in [1.54, 1.807) is 7.11 Å². The molecule has 1 saturated carbocycles. The van der Waals surface area contributed by atoms with Gasteiger partial charge >= 0.3 is 0 Å². The van der Waals surface area contributed by atoms with E-state index in [1.165, 1.54) is 0 Å². The number of nitrogens with two attached hydrogens (primary N) is 1. The summed E-state index contributed by atoms with van der Waals surface area (Å²) in [5.74, 6) is 0.00968. The summed E-state index contributed by atoms with van der Waals surface area (Å²) in [7, 11) is 1.72. The van der Waals surface area contributed by atoms with Crippen LogP contribution < -0.4 is 11.1 Å². The molecular formula is C15H28N2O2S. The molecule has 0 radical (unpaired) electrons. The van der Waals surface area contributed by atoms with Crippen LogP contribution >= 0.6 is 12.2 Å².